The number of nitrogens with zero attached hydrogens (tertiary/aromatic N) is 2. The number of ether oxygens (including phenoxy) is 5. The first-order valence-electron chi connectivity index (χ1n) is 18.7. The molecule has 0 unspecified atom stereocenters. The summed E-state index contributed by atoms with van der Waals surface area (Å²) in [5, 5.41) is 6.51. The van der Waals surface area contributed by atoms with Crippen LogP contribution in [0, 0.1) is 0 Å². The Kier molecular flexibility index (Phi) is 17.3. The summed E-state index contributed by atoms with van der Waals surface area (Å²) in [6.45, 7) is 10.1. The number of alkyl carbamates (subject to hydrolysis) is 1. The van der Waals surface area contributed by atoms with Gasteiger partial charge in [-0.3, -0.25) is 9.59 Å². The van der Waals surface area contributed by atoms with Gasteiger partial charge in [-0.05, 0) is 75.4 Å². The molecule has 0 saturated carbocycles. The van der Waals surface area contributed by atoms with E-state index in [4.69, 9.17) is 23.7 Å². The number of hydrogen-bond acceptors (Lipinski definition) is 8. The van der Waals surface area contributed by atoms with Crippen molar-refractivity contribution in [2.45, 2.75) is 58.8 Å². The van der Waals surface area contributed by atoms with Crippen LogP contribution in [0.1, 0.15) is 55.2 Å². The molecule has 0 bridgehead atoms. The van der Waals surface area contributed by atoms with Crippen LogP contribution >= 0.6 is 0 Å². The fourth-order valence-corrected chi connectivity index (χ4v) is 5.45. The monoisotopic (exact) mass is 744 g/mol. The molecule has 0 atom stereocenters. The van der Waals surface area contributed by atoms with Crippen molar-refractivity contribution in [2.24, 2.45) is 0 Å². The van der Waals surface area contributed by atoms with Crippen molar-refractivity contribution in [3.8, 4) is 5.75 Å². The van der Waals surface area contributed by atoms with E-state index in [1.807, 2.05) is 106 Å². The standard InChI is InChI=1S/C42H56N4O8/c1-42(2,3)54-41(49)44-21-12-24-51-26-28-52-27-25-50-23-11-20-43-40(48)38-30-35-29-36(53-32-34-15-9-6-10-16-34)17-18-37(35)46(38)31-39(47)45(4)22-19-33-13-7-5-8-14-33/h5-10,13-18,29-30H,11-12,19-28,31-32H2,1-4H3,(H,43,48)(H,44,49). The van der Waals surface area contributed by atoms with Gasteiger partial charge in [0.1, 0.15) is 30.2 Å². The van der Waals surface area contributed by atoms with Crippen LogP contribution in [-0.2, 0) is 43.3 Å². The molecule has 0 fully saturated rings. The molecule has 12 heteroatoms. The number of carbonyl (C=O) groups excluding carboxylic acids is 3. The number of nitrogens with one attached hydrogen (secondary N) is 2. The summed E-state index contributed by atoms with van der Waals surface area (Å²) < 4.78 is 29.8. The minimum atomic E-state index is -0.517. The summed E-state index contributed by atoms with van der Waals surface area (Å²) in [7, 11) is 1.79. The summed E-state index contributed by atoms with van der Waals surface area (Å²) in [6, 6.07) is 27.5. The van der Waals surface area contributed by atoms with Crippen molar-refractivity contribution in [3.63, 3.8) is 0 Å². The van der Waals surface area contributed by atoms with Gasteiger partial charge in [0.2, 0.25) is 5.91 Å². The number of benzene rings is 3. The maximum absolute atomic E-state index is 13.5. The zero-order valence-electron chi connectivity index (χ0n) is 32.1. The lowest BCUT2D eigenvalue weighted by Gasteiger charge is -2.19. The summed E-state index contributed by atoms with van der Waals surface area (Å²) in [5.74, 6) is 0.332. The Morgan fingerprint density at radius 3 is 1.94 bits per heavy atom. The Hall–Kier alpha value is -4.91. The number of likely N-dealkylation sites (N-methyl/N-ethyl adjacent to an activating group) is 1. The minimum Gasteiger partial charge on any atom is -0.489 e. The van der Waals surface area contributed by atoms with E-state index in [2.05, 4.69) is 10.6 Å². The summed E-state index contributed by atoms with van der Waals surface area (Å²) in [4.78, 5) is 40.3. The number of hydrogen-bond donors (Lipinski definition) is 2. The predicted molar refractivity (Wildman–Crippen MR) is 209 cm³/mol. The first-order chi connectivity index (χ1) is 26.1. The topological polar surface area (TPSA) is 130 Å². The van der Waals surface area contributed by atoms with Crippen LogP contribution in [0.3, 0.4) is 0 Å². The van der Waals surface area contributed by atoms with Crippen molar-refractivity contribution in [1.29, 1.82) is 0 Å². The molecular weight excluding hydrogens is 688 g/mol. The van der Waals surface area contributed by atoms with Gasteiger partial charge in [0.15, 0.2) is 0 Å². The van der Waals surface area contributed by atoms with Crippen molar-refractivity contribution >= 4 is 28.8 Å². The van der Waals surface area contributed by atoms with E-state index < -0.39 is 11.7 Å². The van der Waals surface area contributed by atoms with E-state index in [1.165, 1.54) is 0 Å². The zero-order chi connectivity index (χ0) is 38.6. The SMILES string of the molecule is CN(CCc1ccccc1)C(=O)Cn1c(C(=O)NCCCOCCOCCOCCCNC(=O)OC(C)(C)C)cc2cc(OCc3ccccc3)ccc21. The zero-order valence-corrected chi connectivity index (χ0v) is 32.1. The van der Waals surface area contributed by atoms with Crippen molar-refractivity contribution in [3.05, 3.63) is 102 Å². The van der Waals surface area contributed by atoms with Gasteiger partial charge in [-0.15, -0.1) is 0 Å². The normalized spacial score (nSPS) is 11.3. The molecule has 1 heterocycles. The highest BCUT2D eigenvalue weighted by atomic mass is 16.6. The van der Waals surface area contributed by atoms with Crippen molar-refractivity contribution in [1.82, 2.24) is 20.1 Å². The molecule has 0 saturated heterocycles. The summed E-state index contributed by atoms with van der Waals surface area (Å²) in [5.41, 5.74) is 2.89. The molecule has 1 aromatic heterocycles. The van der Waals surface area contributed by atoms with Crippen LogP contribution in [0.4, 0.5) is 4.79 Å². The average molecular weight is 745 g/mol. The van der Waals surface area contributed by atoms with Gasteiger partial charge < -0.3 is 43.8 Å². The van der Waals surface area contributed by atoms with E-state index in [9.17, 15) is 14.4 Å². The van der Waals surface area contributed by atoms with Crippen LogP contribution < -0.4 is 15.4 Å². The third-order valence-corrected chi connectivity index (χ3v) is 8.28. The molecule has 292 valence electrons. The highest BCUT2D eigenvalue weighted by Gasteiger charge is 2.20. The maximum atomic E-state index is 13.5. The third kappa shape index (κ3) is 15.2. The molecule has 0 aliphatic heterocycles. The Balaban J connectivity index is 1.19. The number of aromatic nitrogens is 1. The van der Waals surface area contributed by atoms with Gasteiger partial charge >= 0.3 is 6.09 Å². The summed E-state index contributed by atoms with van der Waals surface area (Å²) in [6.07, 6.45) is 1.60. The number of fused-ring (bicyclic) bond motifs is 1. The van der Waals surface area contributed by atoms with Crippen LogP contribution in [0.25, 0.3) is 10.9 Å². The molecular formula is C42H56N4O8. The minimum absolute atomic E-state index is 0.0290. The second kappa shape index (κ2) is 22.3. The Morgan fingerprint density at radius 1 is 0.722 bits per heavy atom. The Morgan fingerprint density at radius 2 is 1.31 bits per heavy atom. The molecule has 4 aromatic rings. The Labute approximate surface area is 319 Å². The van der Waals surface area contributed by atoms with Crippen molar-refractivity contribution in [2.75, 3.05) is 66.3 Å². The summed E-state index contributed by atoms with van der Waals surface area (Å²) >= 11 is 0. The maximum Gasteiger partial charge on any atom is 0.407 e. The van der Waals surface area contributed by atoms with Gasteiger partial charge in [-0.25, -0.2) is 4.79 Å². The molecule has 12 nitrogen and oxygen atoms in total. The first kappa shape index (κ1) is 41.8. The molecule has 0 radical (unpaired) electrons. The fraction of sp³-hybridized carbons (Fsp3) is 0.452. The molecule has 3 aromatic carbocycles. The Bertz CT molecular complexity index is 1720. The van der Waals surface area contributed by atoms with E-state index in [0.717, 1.165) is 28.5 Å². The van der Waals surface area contributed by atoms with Crippen molar-refractivity contribution < 1.29 is 38.1 Å². The van der Waals surface area contributed by atoms with Crippen LogP contribution in [0.15, 0.2) is 84.9 Å². The van der Waals surface area contributed by atoms with E-state index in [0.29, 0.717) is 90.2 Å². The third-order valence-electron chi connectivity index (χ3n) is 8.28. The van der Waals surface area contributed by atoms with E-state index in [1.54, 1.807) is 16.5 Å². The lowest BCUT2D eigenvalue weighted by atomic mass is 10.1. The molecule has 0 aliphatic carbocycles. The van der Waals surface area contributed by atoms with E-state index in [-0.39, 0.29) is 18.4 Å². The number of rotatable bonds is 23. The largest absolute Gasteiger partial charge is 0.489 e. The number of amides is 3. The molecule has 0 spiro atoms. The highest BCUT2D eigenvalue weighted by Crippen LogP contribution is 2.26. The number of carbonyl (C=O) groups is 3. The molecule has 3 amide bonds. The van der Waals surface area contributed by atoms with Crippen LogP contribution in [0.5, 0.6) is 5.75 Å². The molecule has 2 N–H and O–H groups in total. The molecule has 54 heavy (non-hydrogen) atoms. The fourth-order valence-electron chi connectivity index (χ4n) is 5.45. The van der Waals surface area contributed by atoms with Crippen LogP contribution in [-0.4, -0.2) is 99.3 Å². The quantitative estimate of drug-likeness (QED) is 0.0885. The lowest BCUT2D eigenvalue weighted by molar-refractivity contribution is -0.130. The molecule has 4 rings (SSSR count). The second-order valence-electron chi connectivity index (χ2n) is 13.9. The van der Waals surface area contributed by atoms with Gasteiger partial charge in [0.25, 0.3) is 5.91 Å². The smallest absolute Gasteiger partial charge is 0.407 e. The first-order valence-corrected chi connectivity index (χ1v) is 18.7. The highest BCUT2D eigenvalue weighted by molar-refractivity contribution is 5.99. The molecule has 0 aliphatic rings. The average Bonchev–Trinajstić information content (AvgIpc) is 3.51. The van der Waals surface area contributed by atoms with Gasteiger partial charge in [-0.1, -0.05) is 60.7 Å². The van der Waals surface area contributed by atoms with Crippen LogP contribution in [0.2, 0.25) is 0 Å². The second-order valence-corrected chi connectivity index (χ2v) is 13.9. The van der Waals surface area contributed by atoms with Gasteiger partial charge in [0, 0.05) is 50.8 Å². The van der Waals surface area contributed by atoms with Gasteiger partial charge in [0.05, 0.1) is 26.4 Å². The van der Waals surface area contributed by atoms with E-state index >= 15 is 0 Å². The van der Waals surface area contributed by atoms with Gasteiger partial charge in [-0.2, -0.15) is 0 Å². The predicted octanol–water partition coefficient (Wildman–Crippen LogP) is 6.01. The lowest BCUT2D eigenvalue weighted by Crippen LogP contribution is -2.34.